The van der Waals surface area contributed by atoms with E-state index in [-0.39, 0.29) is 17.8 Å². The summed E-state index contributed by atoms with van der Waals surface area (Å²) < 4.78 is 13.0. The van der Waals surface area contributed by atoms with Gasteiger partial charge in [-0.15, -0.1) is 11.3 Å². The van der Waals surface area contributed by atoms with Gasteiger partial charge in [-0.3, -0.25) is 9.69 Å². The molecule has 120 valence electrons. The van der Waals surface area contributed by atoms with Crippen LogP contribution in [0.25, 0.3) is 0 Å². The summed E-state index contributed by atoms with van der Waals surface area (Å²) >= 11 is 1.60. The molecule has 2 heterocycles. The van der Waals surface area contributed by atoms with Crippen molar-refractivity contribution in [1.82, 2.24) is 9.88 Å². The summed E-state index contributed by atoms with van der Waals surface area (Å²) in [5.74, 6) is -0.251. The number of amides is 1. The van der Waals surface area contributed by atoms with Crippen molar-refractivity contribution in [3.63, 3.8) is 0 Å². The van der Waals surface area contributed by atoms with Gasteiger partial charge in [0.1, 0.15) is 5.82 Å². The number of fused-ring (bicyclic) bond motifs is 1. The van der Waals surface area contributed by atoms with Gasteiger partial charge in [-0.05, 0) is 43.4 Å². The van der Waals surface area contributed by atoms with Gasteiger partial charge in [0, 0.05) is 17.5 Å². The average molecular weight is 331 g/mol. The molecule has 2 aliphatic rings. The van der Waals surface area contributed by atoms with E-state index >= 15 is 0 Å². The third-order valence-corrected chi connectivity index (χ3v) is 5.65. The molecule has 4 nitrogen and oxygen atoms in total. The molecule has 1 aliphatic heterocycles. The Morgan fingerprint density at radius 2 is 2.17 bits per heavy atom. The van der Waals surface area contributed by atoms with Gasteiger partial charge in [-0.25, -0.2) is 9.37 Å². The molecule has 1 amide bonds. The van der Waals surface area contributed by atoms with E-state index in [1.54, 1.807) is 23.5 Å². The number of thiazole rings is 1. The van der Waals surface area contributed by atoms with Crippen LogP contribution in [-0.2, 0) is 17.6 Å². The third-order valence-electron chi connectivity index (χ3n) is 4.57. The predicted octanol–water partition coefficient (Wildman–Crippen LogP) is 3.16. The number of benzene rings is 1. The number of hydrogen-bond donors (Lipinski definition) is 1. The van der Waals surface area contributed by atoms with Crippen molar-refractivity contribution in [3.05, 3.63) is 46.2 Å². The van der Waals surface area contributed by atoms with Crippen LogP contribution in [0.5, 0.6) is 0 Å². The molecule has 0 radical (unpaired) electrons. The quantitative estimate of drug-likeness (QED) is 0.936. The molecule has 1 aromatic heterocycles. The first-order valence-electron chi connectivity index (χ1n) is 7.97. The van der Waals surface area contributed by atoms with Crippen LogP contribution in [0.4, 0.5) is 9.52 Å². The second kappa shape index (κ2) is 6.02. The first kappa shape index (κ1) is 14.8. The molecule has 1 unspecified atom stereocenters. The van der Waals surface area contributed by atoms with E-state index in [1.807, 2.05) is 0 Å². The number of anilines is 1. The minimum absolute atomic E-state index is 0.0239. The Morgan fingerprint density at radius 1 is 1.35 bits per heavy atom. The summed E-state index contributed by atoms with van der Waals surface area (Å²) in [6, 6.07) is 6.76. The molecule has 6 heteroatoms. The Hall–Kier alpha value is -1.79. The van der Waals surface area contributed by atoms with E-state index in [0.717, 1.165) is 42.2 Å². The van der Waals surface area contributed by atoms with Crippen LogP contribution in [-0.4, -0.2) is 28.9 Å². The van der Waals surface area contributed by atoms with Crippen molar-refractivity contribution in [3.8, 4) is 0 Å². The van der Waals surface area contributed by atoms with E-state index in [9.17, 15) is 9.18 Å². The summed E-state index contributed by atoms with van der Waals surface area (Å²) in [6.45, 7) is 1.25. The number of aryl methyl sites for hydroxylation is 2. The zero-order valence-corrected chi connectivity index (χ0v) is 13.5. The topological polar surface area (TPSA) is 45.2 Å². The number of nitrogens with one attached hydrogen (secondary N) is 1. The van der Waals surface area contributed by atoms with Gasteiger partial charge in [-0.1, -0.05) is 12.1 Å². The van der Waals surface area contributed by atoms with E-state index in [0.29, 0.717) is 6.54 Å². The van der Waals surface area contributed by atoms with Crippen molar-refractivity contribution in [2.45, 2.75) is 31.7 Å². The van der Waals surface area contributed by atoms with Crippen LogP contribution < -0.4 is 5.32 Å². The molecule has 1 N–H and O–H groups in total. The molecule has 1 atom stereocenters. The Kier molecular flexibility index (Phi) is 3.87. The lowest BCUT2D eigenvalue weighted by Gasteiger charge is -2.40. The summed E-state index contributed by atoms with van der Waals surface area (Å²) in [5, 5.41) is 3.64. The van der Waals surface area contributed by atoms with Gasteiger partial charge in [-0.2, -0.15) is 0 Å². The van der Waals surface area contributed by atoms with Crippen LogP contribution in [0.15, 0.2) is 24.3 Å². The third kappa shape index (κ3) is 3.01. The van der Waals surface area contributed by atoms with Crippen LogP contribution in [0.1, 0.15) is 35.0 Å². The number of likely N-dealkylation sites (tertiary alicyclic amines) is 1. The maximum absolute atomic E-state index is 13.0. The minimum Gasteiger partial charge on any atom is -0.301 e. The van der Waals surface area contributed by atoms with Crippen molar-refractivity contribution in [2.75, 3.05) is 18.4 Å². The highest BCUT2D eigenvalue weighted by molar-refractivity contribution is 7.15. The van der Waals surface area contributed by atoms with Crippen LogP contribution in [0, 0.1) is 5.82 Å². The van der Waals surface area contributed by atoms with Gasteiger partial charge in [0.2, 0.25) is 5.91 Å². The number of carbonyl (C=O) groups excluding carboxylic acids is 1. The molecule has 0 bridgehead atoms. The Morgan fingerprint density at radius 3 is 2.87 bits per heavy atom. The van der Waals surface area contributed by atoms with Crippen molar-refractivity contribution < 1.29 is 9.18 Å². The summed E-state index contributed by atoms with van der Waals surface area (Å²) in [5.41, 5.74) is 2.22. The van der Waals surface area contributed by atoms with Gasteiger partial charge in [0.25, 0.3) is 0 Å². The standard InChI is InChI=1S/C17H18FN3OS/c18-12-6-4-11(5-7-12)14-8-9-21(14)10-16(22)20-17-19-13-2-1-3-15(13)23-17/h4-7,14H,1-3,8-10H2,(H,19,20,22). The molecule has 1 saturated heterocycles. The van der Waals surface area contributed by atoms with E-state index in [1.165, 1.54) is 23.4 Å². The van der Waals surface area contributed by atoms with E-state index in [4.69, 9.17) is 0 Å². The van der Waals surface area contributed by atoms with Crippen molar-refractivity contribution in [2.24, 2.45) is 0 Å². The first-order chi connectivity index (χ1) is 11.2. The van der Waals surface area contributed by atoms with Gasteiger partial charge in [0.15, 0.2) is 5.13 Å². The maximum atomic E-state index is 13.0. The SMILES string of the molecule is O=C(CN1CCC1c1ccc(F)cc1)Nc1nc2c(s1)CCC2. The highest BCUT2D eigenvalue weighted by Gasteiger charge is 2.31. The predicted molar refractivity (Wildman–Crippen MR) is 88.1 cm³/mol. The van der Waals surface area contributed by atoms with Crippen LogP contribution >= 0.6 is 11.3 Å². The Balaban J connectivity index is 1.35. The van der Waals surface area contributed by atoms with E-state index < -0.39 is 0 Å². The highest BCUT2D eigenvalue weighted by Crippen LogP contribution is 2.33. The monoisotopic (exact) mass is 331 g/mol. The molecule has 1 fully saturated rings. The minimum atomic E-state index is -0.228. The molecule has 4 rings (SSSR count). The van der Waals surface area contributed by atoms with Crippen LogP contribution in [0.3, 0.4) is 0 Å². The fraction of sp³-hybridized carbons (Fsp3) is 0.412. The maximum Gasteiger partial charge on any atom is 0.240 e. The highest BCUT2D eigenvalue weighted by atomic mass is 32.1. The smallest absolute Gasteiger partial charge is 0.240 e. The molecule has 1 aliphatic carbocycles. The molecule has 0 saturated carbocycles. The number of nitrogens with zero attached hydrogens (tertiary/aromatic N) is 2. The number of carbonyl (C=O) groups is 1. The zero-order chi connectivity index (χ0) is 15.8. The summed E-state index contributed by atoms with van der Waals surface area (Å²) in [4.78, 5) is 20.2. The lowest BCUT2D eigenvalue weighted by molar-refractivity contribution is -0.119. The molecule has 2 aromatic rings. The van der Waals surface area contributed by atoms with Crippen LogP contribution in [0.2, 0.25) is 0 Å². The fourth-order valence-electron chi connectivity index (χ4n) is 3.28. The Labute approximate surface area is 138 Å². The molecule has 23 heavy (non-hydrogen) atoms. The van der Waals surface area contributed by atoms with Gasteiger partial charge in [0.05, 0.1) is 12.2 Å². The molecular weight excluding hydrogens is 313 g/mol. The summed E-state index contributed by atoms with van der Waals surface area (Å²) in [6.07, 6.45) is 4.29. The van der Waals surface area contributed by atoms with Crippen molar-refractivity contribution >= 4 is 22.4 Å². The lowest BCUT2D eigenvalue weighted by Crippen LogP contribution is -2.45. The normalized spacial score (nSPS) is 20.1. The number of aromatic nitrogens is 1. The second-order valence-corrected chi connectivity index (χ2v) is 7.20. The zero-order valence-electron chi connectivity index (χ0n) is 12.7. The number of halogens is 1. The molecule has 0 spiro atoms. The average Bonchev–Trinajstić information content (AvgIpc) is 3.07. The van der Waals surface area contributed by atoms with Gasteiger partial charge >= 0.3 is 0 Å². The Bertz CT molecular complexity index is 706. The second-order valence-electron chi connectivity index (χ2n) is 6.12. The first-order valence-corrected chi connectivity index (χ1v) is 8.78. The summed E-state index contributed by atoms with van der Waals surface area (Å²) in [7, 11) is 0. The molecule has 1 aromatic carbocycles. The lowest BCUT2D eigenvalue weighted by atomic mass is 9.95. The van der Waals surface area contributed by atoms with E-state index in [2.05, 4.69) is 15.2 Å². The van der Waals surface area contributed by atoms with Crippen molar-refractivity contribution in [1.29, 1.82) is 0 Å². The molecular formula is C17H18FN3OS. The van der Waals surface area contributed by atoms with Gasteiger partial charge < -0.3 is 5.32 Å². The number of hydrogen-bond acceptors (Lipinski definition) is 4. The number of rotatable bonds is 4. The fourth-order valence-corrected chi connectivity index (χ4v) is 4.35. The largest absolute Gasteiger partial charge is 0.301 e.